The molecule has 3 aromatic carbocycles. The van der Waals surface area contributed by atoms with Crippen molar-refractivity contribution < 1.29 is 24.2 Å². The first kappa shape index (κ1) is 23.2. The molecule has 0 amide bonds. The predicted octanol–water partition coefficient (Wildman–Crippen LogP) is 4.71. The molecule has 0 spiro atoms. The number of benzene rings is 3. The number of methoxy groups -OCH3 is 1. The van der Waals surface area contributed by atoms with E-state index in [1.54, 1.807) is 24.3 Å². The largest absolute Gasteiger partial charge is 0.508 e. The van der Waals surface area contributed by atoms with Crippen molar-refractivity contribution in [3.63, 3.8) is 0 Å². The lowest BCUT2D eigenvalue weighted by Crippen LogP contribution is -2.21. The Kier molecular flexibility index (Phi) is 6.47. The highest BCUT2D eigenvalue weighted by Crippen LogP contribution is 2.46. The fourth-order valence-corrected chi connectivity index (χ4v) is 4.48. The maximum absolute atomic E-state index is 10.8. The number of nitro groups is 1. The Morgan fingerprint density at radius 1 is 1.24 bits per heavy atom. The van der Waals surface area contributed by atoms with Gasteiger partial charge < -0.3 is 25.1 Å². The molecule has 3 N–H and O–H groups in total. The van der Waals surface area contributed by atoms with Gasteiger partial charge in [0.2, 0.25) is 5.88 Å². The van der Waals surface area contributed by atoms with E-state index in [9.17, 15) is 20.5 Å². The van der Waals surface area contributed by atoms with E-state index in [4.69, 9.17) is 19.9 Å². The zero-order valence-corrected chi connectivity index (χ0v) is 20.0. The number of non-ortho nitro benzene ring substituents is 1. The summed E-state index contributed by atoms with van der Waals surface area (Å²) in [5, 5.41) is 30.5. The van der Waals surface area contributed by atoms with E-state index in [-0.39, 0.29) is 29.5 Å². The lowest BCUT2D eigenvalue weighted by Gasteiger charge is -2.27. The van der Waals surface area contributed by atoms with Gasteiger partial charge in [-0.3, -0.25) is 10.1 Å². The van der Waals surface area contributed by atoms with Crippen molar-refractivity contribution in [2.24, 2.45) is 5.73 Å². The number of nitriles is 1. The standard InChI is InChI=1S/C24H18IN3O6/c1-32-21-9-14(22-17-7-6-16(29)10-20(17)34-24(27)18(22)11-26)8-19(25)23(21)33-12-13-2-4-15(5-3-13)28(30)31/h2-10,22,29H,12,27H2,1H3/t22-/m1/s1. The Balaban J connectivity index is 1.69. The van der Waals surface area contributed by atoms with Gasteiger partial charge in [0.05, 0.1) is 21.5 Å². The number of nitrogens with two attached hydrogens (primary N) is 1. The number of allylic oxidation sites excluding steroid dienone is 1. The Morgan fingerprint density at radius 2 is 1.97 bits per heavy atom. The van der Waals surface area contributed by atoms with Crippen LogP contribution >= 0.6 is 22.6 Å². The average molecular weight is 571 g/mol. The third kappa shape index (κ3) is 4.42. The molecule has 0 radical (unpaired) electrons. The van der Waals surface area contributed by atoms with Crippen LogP contribution in [-0.4, -0.2) is 17.1 Å². The summed E-state index contributed by atoms with van der Waals surface area (Å²) < 4.78 is 17.9. The number of hydrogen-bond acceptors (Lipinski definition) is 8. The topological polar surface area (TPSA) is 141 Å². The third-order valence-electron chi connectivity index (χ3n) is 5.32. The van der Waals surface area contributed by atoms with E-state index in [0.717, 1.165) is 14.7 Å². The van der Waals surface area contributed by atoms with Gasteiger partial charge in [-0.25, -0.2) is 0 Å². The molecule has 0 fully saturated rings. The van der Waals surface area contributed by atoms with Crippen LogP contribution in [0.4, 0.5) is 5.69 Å². The molecule has 0 saturated carbocycles. The first-order valence-electron chi connectivity index (χ1n) is 9.96. The molecule has 1 aliphatic rings. The number of aromatic hydroxyl groups is 1. The summed E-state index contributed by atoms with van der Waals surface area (Å²) in [7, 11) is 1.51. The van der Waals surface area contributed by atoms with E-state index in [2.05, 4.69) is 28.7 Å². The van der Waals surface area contributed by atoms with Gasteiger partial charge in [0.15, 0.2) is 11.5 Å². The van der Waals surface area contributed by atoms with Crippen LogP contribution < -0.4 is 19.9 Å². The highest BCUT2D eigenvalue weighted by atomic mass is 127. The second kappa shape index (κ2) is 9.48. The lowest BCUT2D eigenvalue weighted by atomic mass is 9.83. The molecule has 1 atom stereocenters. The van der Waals surface area contributed by atoms with Crippen LogP contribution in [0.2, 0.25) is 0 Å². The minimum Gasteiger partial charge on any atom is -0.508 e. The first-order valence-corrected chi connectivity index (χ1v) is 11.0. The molecule has 4 rings (SSSR count). The number of hydrogen-bond donors (Lipinski definition) is 2. The molecule has 34 heavy (non-hydrogen) atoms. The maximum atomic E-state index is 10.8. The first-order chi connectivity index (χ1) is 16.3. The number of rotatable bonds is 6. The van der Waals surface area contributed by atoms with Crippen LogP contribution in [0.3, 0.4) is 0 Å². The van der Waals surface area contributed by atoms with Crippen LogP contribution in [0.5, 0.6) is 23.0 Å². The van der Waals surface area contributed by atoms with E-state index in [1.807, 2.05) is 6.07 Å². The second-order valence-corrected chi connectivity index (χ2v) is 8.56. The van der Waals surface area contributed by atoms with Gasteiger partial charge in [-0.15, -0.1) is 0 Å². The summed E-state index contributed by atoms with van der Waals surface area (Å²) in [4.78, 5) is 10.4. The molecule has 0 unspecified atom stereocenters. The zero-order valence-electron chi connectivity index (χ0n) is 17.8. The van der Waals surface area contributed by atoms with Crippen molar-refractivity contribution in [1.29, 1.82) is 5.26 Å². The molecule has 172 valence electrons. The van der Waals surface area contributed by atoms with Gasteiger partial charge in [0, 0.05) is 23.8 Å². The van der Waals surface area contributed by atoms with Crippen molar-refractivity contribution in [3.8, 4) is 29.1 Å². The maximum Gasteiger partial charge on any atom is 0.269 e. The molecule has 1 aliphatic heterocycles. The van der Waals surface area contributed by atoms with Crippen molar-refractivity contribution in [2.75, 3.05) is 7.11 Å². The predicted molar refractivity (Wildman–Crippen MR) is 131 cm³/mol. The Hall–Kier alpha value is -3.98. The Morgan fingerprint density at radius 3 is 2.62 bits per heavy atom. The SMILES string of the molecule is COc1cc([C@H]2C(C#N)=C(N)Oc3cc(O)ccc32)cc(I)c1OCc1ccc([N+](=O)[O-])cc1. The fourth-order valence-electron chi connectivity index (χ4n) is 3.70. The smallest absolute Gasteiger partial charge is 0.269 e. The van der Waals surface area contributed by atoms with E-state index in [0.29, 0.717) is 22.8 Å². The van der Waals surface area contributed by atoms with Crippen molar-refractivity contribution >= 4 is 28.3 Å². The molecular weight excluding hydrogens is 553 g/mol. The van der Waals surface area contributed by atoms with E-state index in [1.165, 1.54) is 31.4 Å². The van der Waals surface area contributed by atoms with Crippen molar-refractivity contribution in [1.82, 2.24) is 0 Å². The summed E-state index contributed by atoms with van der Waals surface area (Å²) in [5.74, 6) is 0.783. The van der Waals surface area contributed by atoms with Crippen LogP contribution in [0.1, 0.15) is 22.6 Å². The number of nitro benzene ring substituents is 1. The van der Waals surface area contributed by atoms with Crippen molar-refractivity contribution in [3.05, 3.63) is 96.4 Å². The molecule has 0 bridgehead atoms. The zero-order chi connectivity index (χ0) is 24.4. The minimum absolute atomic E-state index is 0.00551. The van der Waals surface area contributed by atoms with Crippen LogP contribution in [0.15, 0.2) is 66.1 Å². The monoisotopic (exact) mass is 571 g/mol. The van der Waals surface area contributed by atoms with E-state index >= 15 is 0 Å². The normalized spacial score (nSPS) is 14.6. The lowest BCUT2D eigenvalue weighted by molar-refractivity contribution is -0.384. The van der Waals surface area contributed by atoms with Gasteiger partial charge in [0.1, 0.15) is 29.7 Å². The van der Waals surface area contributed by atoms with Crippen molar-refractivity contribution in [2.45, 2.75) is 12.5 Å². The third-order valence-corrected chi connectivity index (χ3v) is 6.12. The summed E-state index contributed by atoms with van der Waals surface area (Å²) in [6.45, 7) is 0.180. The van der Waals surface area contributed by atoms with Gasteiger partial charge in [0.25, 0.3) is 5.69 Å². The molecular formula is C24H18IN3O6. The quantitative estimate of drug-likeness (QED) is 0.246. The average Bonchev–Trinajstić information content (AvgIpc) is 2.82. The summed E-state index contributed by atoms with van der Waals surface area (Å²) in [5.41, 5.74) is 8.44. The highest BCUT2D eigenvalue weighted by Gasteiger charge is 2.32. The number of fused-ring (bicyclic) bond motifs is 1. The van der Waals surface area contributed by atoms with Crippen LogP contribution in [0, 0.1) is 25.0 Å². The molecule has 10 heteroatoms. The van der Waals surface area contributed by atoms with Gasteiger partial charge in [-0.05, 0) is 64.0 Å². The molecule has 0 saturated heterocycles. The number of phenols is 1. The molecule has 0 aromatic heterocycles. The van der Waals surface area contributed by atoms with Crippen LogP contribution in [-0.2, 0) is 6.61 Å². The fraction of sp³-hybridized carbons (Fsp3) is 0.125. The number of phenolic OH excluding ortho intramolecular Hbond substituents is 1. The minimum atomic E-state index is -0.527. The summed E-state index contributed by atoms with van der Waals surface area (Å²) >= 11 is 2.12. The van der Waals surface area contributed by atoms with Gasteiger partial charge >= 0.3 is 0 Å². The Labute approximate surface area is 208 Å². The summed E-state index contributed by atoms with van der Waals surface area (Å²) in [6.07, 6.45) is 0. The Bertz CT molecular complexity index is 1350. The number of ether oxygens (including phenoxy) is 3. The number of nitrogens with zero attached hydrogens (tertiary/aromatic N) is 2. The summed E-state index contributed by atoms with van der Waals surface area (Å²) in [6, 6.07) is 16.5. The van der Waals surface area contributed by atoms with E-state index < -0.39 is 10.8 Å². The molecule has 1 heterocycles. The van der Waals surface area contributed by atoms with Gasteiger partial charge in [-0.1, -0.05) is 6.07 Å². The molecule has 3 aromatic rings. The van der Waals surface area contributed by atoms with Gasteiger partial charge in [-0.2, -0.15) is 5.26 Å². The molecule has 9 nitrogen and oxygen atoms in total. The molecule has 0 aliphatic carbocycles. The van der Waals surface area contributed by atoms with Crippen LogP contribution in [0.25, 0.3) is 0 Å². The number of halogens is 1. The highest BCUT2D eigenvalue weighted by molar-refractivity contribution is 14.1. The second-order valence-electron chi connectivity index (χ2n) is 7.39.